The number of hydrogen-bond acceptors (Lipinski definition) is 3. The summed E-state index contributed by atoms with van der Waals surface area (Å²) in [5.41, 5.74) is 1.20. The lowest BCUT2D eigenvalue weighted by atomic mass is 10.4. The Bertz CT molecular complexity index is 441. The molecule has 2 aromatic rings. The molecule has 0 aliphatic rings. The fraction of sp³-hybridized carbons (Fsp3) is 0.167. The van der Waals surface area contributed by atoms with Crippen molar-refractivity contribution >= 4 is 11.2 Å². The molecule has 0 amide bonds. The molecule has 11 heavy (non-hydrogen) atoms. The van der Waals surface area contributed by atoms with Crippen LogP contribution in [0.3, 0.4) is 0 Å². The Morgan fingerprint density at radius 3 is 3.18 bits per heavy atom. The number of aryl methyl sites for hydroxylation is 1. The van der Waals surface area contributed by atoms with Crippen molar-refractivity contribution in [1.82, 2.24) is 20.0 Å². The van der Waals surface area contributed by atoms with Crippen LogP contribution >= 0.6 is 0 Å². The first-order valence-electron chi connectivity index (χ1n) is 3.16. The lowest BCUT2D eigenvalue weighted by molar-refractivity contribution is 0.736. The largest absolute Gasteiger partial charge is 0.304 e. The van der Waals surface area contributed by atoms with E-state index in [0.29, 0.717) is 5.65 Å². The predicted octanol–water partition coefficient (Wildman–Crippen LogP) is -0.343. The van der Waals surface area contributed by atoms with Crippen LogP contribution in [0.2, 0.25) is 0 Å². The molecule has 0 aliphatic heterocycles. The van der Waals surface area contributed by atoms with Gasteiger partial charge in [0.05, 0.1) is 0 Å². The number of nitrogens with one attached hydrogen (secondary N) is 1. The van der Waals surface area contributed by atoms with Crippen LogP contribution in [0.15, 0.2) is 16.9 Å². The van der Waals surface area contributed by atoms with Crippen molar-refractivity contribution in [2.45, 2.75) is 0 Å². The summed E-state index contributed by atoms with van der Waals surface area (Å²) in [6.07, 6.45) is 0. The molecule has 0 atom stereocenters. The summed E-state index contributed by atoms with van der Waals surface area (Å²) in [4.78, 5) is 13.3. The van der Waals surface area contributed by atoms with Gasteiger partial charge in [-0.3, -0.25) is 4.79 Å². The zero-order valence-electron chi connectivity index (χ0n) is 5.90. The zero-order valence-corrected chi connectivity index (χ0v) is 5.90. The summed E-state index contributed by atoms with van der Waals surface area (Å²) in [7, 11) is 1.77. The van der Waals surface area contributed by atoms with Crippen molar-refractivity contribution in [2.24, 2.45) is 7.05 Å². The molecule has 0 radical (unpaired) electrons. The van der Waals surface area contributed by atoms with Crippen molar-refractivity contribution in [3.05, 3.63) is 22.5 Å². The van der Waals surface area contributed by atoms with Crippen molar-refractivity contribution < 1.29 is 0 Å². The van der Waals surface area contributed by atoms with Crippen LogP contribution in [0.25, 0.3) is 11.2 Å². The van der Waals surface area contributed by atoms with Crippen molar-refractivity contribution in [2.75, 3.05) is 0 Å². The van der Waals surface area contributed by atoms with Gasteiger partial charge < -0.3 is 4.98 Å². The standard InChI is InChI=1S/C6H6N4O/c1-10-4-2-3-5(11)7-6(4)8-9-10/h2-3H,1H3,(H,7,11). The average Bonchev–Trinajstić information content (AvgIpc) is 2.32. The summed E-state index contributed by atoms with van der Waals surface area (Å²) in [6, 6.07) is 3.14. The van der Waals surface area contributed by atoms with Gasteiger partial charge in [0, 0.05) is 13.1 Å². The van der Waals surface area contributed by atoms with E-state index in [1.54, 1.807) is 17.8 Å². The van der Waals surface area contributed by atoms with Crippen LogP contribution in [-0.4, -0.2) is 20.0 Å². The fourth-order valence-electron chi connectivity index (χ4n) is 0.953. The van der Waals surface area contributed by atoms with Crippen molar-refractivity contribution in [1.29, 1.82) is 0 Å². The van der Waals surface area contributed by atoms with Crippen LogP contribution in [-0.2, 0) is 7.05 Å². The monoisotopic (exact) mass is 150 g/mol. The predicted molar refractivity (Wildman–Crippen MR) is 39.1 cm³/mol. The molecule has 0 fully saturated rings. The van der Waals surface area contributed by atoms with Gasteiger partial charge in [-0.05, 0) is 6.07 Å². The van der Waals surface area contributed by atoms with E-state index in [1.807, 2.05) is 0 Å². The molecule has 0 spiro atoms. The molecular weight excluding hydrogens is 144 g/mol. The van der Waals surface area contributed by atoms with Crippen LogP contribution in [0.4, 0.5) is 0 Å². The summed E-state index contributed by atoms with van der Waals surface area (Å²) < 4.78 is 1.60. The Morgan fingerprint density at radius 2 is 2.36 bits per heavy atom. The Morgan fingerprint density at radius 1 is 1.55 bits per heavy atom. The minimum atomic E-state index is -0.155. The molecular formula is C6H6N4O. The molecule has 0 saturated carbocycles. The zero-order chi connectivity index (χ0) is 7.84. The SMILES string of the molecule is Cn1nnc2[nH]c(=O)ccc21. The van der Waals surface area contributed by atoms with E-state index in [4.69, 9.17) is 0 Å². The normalized spacial score (nSPS) is 10.6. The van der Waals surface area contributed by atoms with Gasteiger partial charge in [0.1, 0.15) is 5.52 Å². The first-order chi connectivity index (χ1) is 5.27. The van der Waals surface area contributed by atoms with Gasteiger partial charge in [0.15, 0.2) is 5.65 Å². The summed E-state index contributed by atoms with van der Waals surface area (Å²) in [5.74, 6) is 0. The average molecular weight is 150 g/mol. The van der Waals surface area contributed by atoms with E-state index in [2.05, 4.69) is 15.3 Å². The van der Waals surface area contributed by atoms with Gasteiger partial charge in [0.25, 0.3) is 0 Å². The highest BCUT2D eigenvalue weighted by molar-refractivity contribution is 5.68. The lowest BCUT2D eigenvalue weighted by Crippen LogP contribution is -2.02. The number of pyridine rings is 1. The third kappa shape index (κ3) is 0.813. The molecule has 56 valence electrons. The minimum absolute atomic E-state index is 0.155. The molecule has 0 bridgehead atoms. The highest BCUT2D eigenvalue weighted by Gasteiger charge is 1.98. The first kappa shape index (κ1) is 6.09. The van der Waals surface area contributed by atoms with Gasteiger partial charge in [-0.15, -0.1) is 5.10 Å². The summed E-state index contributed by atoms with van der Waals surface area (Å²) in [5, 5.41) is 7.47. The second kappa shape index (κ2) is 1.91. The molecule has 2 aromatic heterocycles. The second-order valence-corrected chi connectivity index (χ2v) is 2.27. The number of hydrogen-bond donors (Lipinski definition) is 1. The maximum absolute atomic E-state index is 10.8. The van der Waals surface area contributed by atoms with Gasteiger partial charge in [0.2, 0.25) is 5.56 Å². The third-order valence-corrected chi connectivity index (χ3v) is 1.50. The Balaban J connectivity index is 2.96. The van der Waals surface area contributed by atoms with E-state index in [1.165, 1.54) is 6.07 Å². The van der Waals surface area contributed by atoms with Crippen molar-refractivity contribution in [3.8, 4) is 0 Å². The number of fused-ring (bicyclic) bond motifs is 1. The van der Waals surface area contributed by atoms with Gasteiger partial charge in [-0.25, -0.2) is 4.68 Å². The number of aromatic amines is 1. The highest BCUT2D eigenvalue weighted by atomic mass is 16.1. The van der Waals surface area contributed by atoms with E-state index in [-0.39, 0.29) is 5.56 Å². The van der Waals surface area contributed by atoms with Gasteiger partial charge in [-0.1, -0.05) is 5.21 Å². The molecule has 0 aliphatic carbocycles. The smallest absolute Gasteiger partial charge is 0.249 e. The second-order valence-electron chi connectivity index (χ2n) is 2.27. The van der Waals surface area contributed by atoms with E-state index >= 15 is 0 Å². The van der Waals surface area contributed by atoms with Crippen LogP contribution in [0.1, 0.15) is 0 Å². The molecule has 0 saturated heterocycles. The quantitative estimate of drug-likeness (QED) is 0.558. The maximum atomic E-state index is 10.8. The van der Waals surface area contributed by atoms with Crippen LogP contribution < -0.4 is 5.56 Å². The van der Waals surface area contributed by atoms with E-state index < -0.39 is 0 Å². The molecule has 2 heterocycles. The van der Waals surface area contributed by atoms with E-state index in [9.17, 15) is 4.79 Å². The fourth-order valence-corrected chi connectivity index (χ4v) is 0.953. The van der Waals surface area contributed by atoms with Crippen LogP contribution in [0, 0.1) is 0 Å². The Hall–Kier alpha value is -1.65. The third-order valence-electron chi connectivity index (χ3n) is 1.50. The molecule has 0 aromatic carbocycles. The topological polar surface area (TPSA) is 63.6 Å². The molecule has 1 N–H and O–H groups in total. The van der Waals surface area contributed by atoms with Gasteiger partial charge in [-0.2, -0.15) is 0 Å². The molecule has 2 rings (SSSR count). The number of H-pyrrole nitrogens is 1. The summed E-state index contributed by atoms with van der Waals surface area (Å²) >= 11 is 0. The highest BCUT2D eigenvalue weighted by Crippen LogP contribution is 2.01. The maximum Gasteiger partial charge on any atom is 0.249 e. The number of nitrogens with zero attached hydrogens (tertiary/aromatic N) is 3. The first-order valence-corrected chi connectivity index (χ1v) is 3.16. The molecule has 5 heteroatoms. The number of rotatable bonds is 0. The minimum Gasteiger partial charge on any atom is -0.304 e. The number of aromatic nitrogens is 4. The molecule has 5 nitrogen and oxygen atoms in total. The Kier molecular flexibility index (Phi) is 1.06. The van der Waals surface area contributed by atoms with Crippen molar-refractivity contribution in [3.63, 3.8) is 0 Å². The van der Waals surface area contributed by atoms with Crippen LogP contribution in [0.5, 0.6) is 0 Å². The summed E-state index contributed by atoms with van der Waals surface area (Å²) in [6.45, 7) is 0. The molecule has 0 unspecified atom stereocenters. The Labute approximate surface area is 61.7 Å². The van der Waals surface area contributed by atoms with E-state index in [0.717, 1.165) is 5.52 Å². The lowest BCUT2D eigenvalue weighted by Gasteiger charge is -1.87. The van der Waals surface area contributed by atoms with Gasteiger partial charge >= 0.3 is 0 Å².